The Morgan fingerprint density at radius 1 is 1.00 bits per heavy atom. The minimum atomic E-state index is -0.697. The molecule has 0 radical (unpaired) electrons. The number of rotatable bonds is 8. The van der Waals surface area contributed by atoms with Gasteiger partial charge >= 0.3 is 0 Å². The van der Waals surface area contributed by atoms with Crippen molar-refractivity contribution >= 4 is 26.5 Å². The summed E-state index contributed by atoms with van der Waals surface area (Å²) in [6.45, 7) is 6.26. The summed E-state index contributed by atoms with van der Waals surface area (Å²) < 4.78 is 8.53. The average molecular weight is 330 g/mol. The third kappa shape index (κ3) is 6.47. The summed E-state index contributed by atoms with van der Waals surface area (Å²) in [7, 11) is -1.39. The summed E-state index contributed by atoms with van der Waals surface area (Å²) in [5.41, 5.74) is 2.37. The zero-order chi connectivity index (χ0) is 16.1. The molecule has 0 saturated heterocycles. The molecule has 2 nitrogen and oxygen atoms in total. The van der Waals surface area contributed by atoms with E-state index >= 15 is 0 Å². The van der Waals surface area contributed by atoms with Crippen molar-refractivity contribution in [2.45, 2.75) is 6.61 Å². The SMILES string of the molecule is C=Cc1ccc(COCCN(S(C)(C)C)S(C)(C)C)cc1. The van der Waals surface area contributed by atoms with E-state index in [0.717, 1.165) is 18.7 Å². The minimum Gasteiger partial charge on any atom is -0.375 e. The van der Waals surface area contributed by atoms with Crippen molar-refractivity contribution < 1.29 is 4.74 Å². The van der Waals surface area contributed by atoms with Gasteiger partial charge in [0.15, 0.2) is 0 Å². The van der Waals surface area contributed by atoms with Gasteiger partial charge in [0, 0.05) is 6.54 Å². The highest BCUT2D eigenvalue weighted by atomic mass is 32.3. The molecule has 122 valence electrons. The second-order valence-corrected chi connectivity index (χ2v) is 14.8. The molecule has 4 heteroatoms. The lowest BCUT2D eigenvalue weighted by Crippen LogP contribution is -2.31. The van der Waals surface area contributed by atoms with Gasteiger partial charge in [0.05, 0.1) is 13.2 Å². The van der Waals surface area contributed by atoms with Crippen LogP contribution in [0.4, 0.5) is 0 Å². The van der Waals surface area contributed by atoms with E-state index in [-0.39, 0.29) is 0 Å². The first-order chi connectivity index (χ1) is 9.64. The van der Waals surface area contributed by atoms with E-state index in [1.165, 1.54) is 5.56 Å². The maximum atomic E-state index is 5.87. The Bertz CT molecular complexity index is 429. The van der Waals surface area contributed by atoms with Crippen molar-refractivity contribution in [1.29, 1.82) is 0 Å². The summed E-state index contributed by atoms with van der Waals surface area (Å²) in [6.07, 6.45) is 16.0. The van der Waals surface area contributed by atoms with Crippen molar-refractivity contribution in [3.8, 4) is 0 Å². The highest BCUT2D eigenvalue weighted by Gasteiger charge is 2.24. The zero-order valence-electron chi connectivity index (χ0n) is 14.4. The van der Waals surface area contributed by atoms with E-state index in [2.05, 4.69) is 72.1 Å². The molecule has 0 aliphatic rings. The molecule has 0 aromatic heterocycles. The van der Waals surface area contributed by atoms with Crippen LogP contribution in [0.2, 0.25) is 0 Å². The van der Waals surface area contributed by atoms with Gasteiger partial charge in [-0.05, 0) is 48.7 Å². The van der Waals surface area contributed by atoms with Gasteiger partial charge in [-0.1, -0.05) is 36.9 Å². The topological polar surface area (TPSA) is 12.5 Å². The number of hydrogen-bond donors (Lipinski definition) is 0. The Labute approximate surface area is 134 Å². The molecule has 0 unspecified atom stereocenters. The van der Waals surface area contributed by atoms with Crippen LogP contribution in [0.5, 0.6) is 0 Å². The lowest BCUT2D eigenvalue weighted by molar-refractivity contribution is 0.120. The Balaban J connectivity index is 2.46. The fourth-order valence-electron chi connectivity index (χ4n) is 2.30. The van der Waals surface area contributed by atoms with Crippen LogP contribution in [0.3, 0.4) is 0 Å². The lowest BCUT2D eigenvalue weighted by Gasteiger charge is -2.51. The van der Waals surface area contributed by atoms with Crippen LogP contribution < -0.4 is 0 Å². The van der Waals surface area contributed by atoms with Crippen LogP contribution in [0.1, 0.15) is 11.1 Å². The van der Waals surface area contributed by atoms with Crippen LogP contribution in [0, 0.1) is 0 Å². The summed E-state index contributed by atoms with van der Waals surface area (Å²) in [5.74, 6) is 0. The smallest absolute Gasteiger partial charge is 0.0717 e. The van der Waals surface area contributed by atoms with Crippen LogP contribution in [-0.4, -0.2) is 54.4 Å². The molecule has 0 N–H and O–H groups in total. The molecule has 1 aromatic carbocycles. The maximum Gasteiger partial charge on any atom is 0.0717 e. The minimum absolute atomic E-state index is 0.685. The van der Waals surface area contributed by atoms with Gasteiger partial charge in [-0.15, -0.1) is 0 Å². The molecule has 0 amide bonds. The quantitative estimate of drug-likeness (QED) is 0.657. The molecule has 0 aliphatic carbocycles. The molecule has 0 atom stereocenters. The van der Waals surface area contributed by atoms with Gasteiger partial charge in [-0.25, -0.2) is 3.71 Å². The van der Waals surface area contributed by atoms with Gasteiger partial charge in [0.25, 0.3) is 0 Å². The van der Waals surface area contributed by atoms with E-state index in [1.54, 1.807) is 0 Å². The number of ether oxygens (including phenoxy) is 1. The Morgan fingerprint density at radius 2 is 1.52 bits per heavy atom. The van der Waals surface area contributed by atoms with Crippen molar-refractivity contribution in [2.24, 2.45) is 0 Å². The van der Waals surface area contributed by atoms with E-state index in [9.17, 15) is 0 Å². The normalized spacial score (nSPS) is 14.2. The molecular weight excluding hydrogens is 298 g/mol. The first-order valence-corrected chi connectivity index (χ1v) is 12.7. The highest BCUT2D eigenvalue weighted by molar-refractivity contribution is 8.43. The van der Waals surface area contributed by atoms with Crippen LogP contribution in [0.15, 0.2) is 30.8 Å². The molecule has 0 aliphatic heterocycles. The third-order valence-electron chi connectivity index (χ3n) is 3.12. The molecule has 1 rings (SSSR count). The van der Waals surface area contributed by atoms with E-state index < -0.39 is 20.4 Å². The van der Waals surface area contributed by atoms with Crippen molar-refractivity contribution in [3.63, 3.8) is 0 Å². The lowest BCUT2D eigenvalue weighted by atomic mass is 10.1. The number of benzene rings is 1. The van der Waals surface area contributed by atoms with E-state index in [0.29, 0.717) is 6.61 Å². The van der Waals surface area contributed by atoms with E-state index in [4.69, 9.17) is 4.74 Å². The van der Waals surface area contributed by atoms with Gasteiger partial charge in [0.2, 0.25) is 0 Å². The van der Waals surface area contributed by atoms with Gasteiger partial charge in [-0.3, -0.25) is 0 Å². The fourth-order valence-corrected chi connectivity index (χ4v) is 8.91. The second-order valence-electron chi connectivity index (χ2n) is 6.60. The maximum absolute atomic E-state index is 5.87. The summed E-state index contributed by atoms with van der Waals surface area (Å²) in [5, 5.41) is 0. The molecule has 0 fully saturated rings. The molecule has 21 heavy (non-hydrogen) atoms. The summed E-state index contributed by atoms with van der Waals surface area (Å²) in [6, 6.07) is 8.38. The van der Waals surface area contributed by atoms with Crippen LogP contribution in [-0.2, 0) is 11.3 Å². The molecule has 1 aromatic rings. The predicted octanol–water partition coefficient (Wildman–Crippen LogP) is 4.37. The fraction of sp³-hybridized carbons (Fsp3) is 0.529. The van der Waals surface area contributed by atoms with Crippen molar-refractivity contribution in [3.05, 3.63) is 42.0 Å². The van der Waals surface area contributed by atoms with Gasteiger partial charge in [0.1, 0.15) is 0 Å². The average Bonchev–Trinajstić information content (AvgIpc) is 2.36. The number of nitrogens with zero attached hydrogens (tertiary/aromatic N) is 1. The van der Waals surface area contributed by atoms with Crippen LogP contribution in [0.25, 0.3) is 6.08 Å². The van der Waals surface area contributed by atoms with Gasteiger partial charge in [-0.2, -0.15) is 20.4 Å². The van der Waals surface area contributed by atoms with Gasteiger partial charge < -0.3 is 4.74 Å². The molecule has 0 heterocycles. The molecule has 0 bridgehead atoms. The first-order valence-electron chi connectivity index (χ1n) is 7.08. The Hall–Kier alpha value is -0.420. The van der Waals surface area contributed by atoms with E-state index in [1.807, 2.05) is 6.08 Å². The molecule has 0 spiro atoms. The largest absolute Gasteiger partial charge is 0.375 e. The Morgan fingerprint density at radius 3 is 1.95 bits per heavy atom. The Kier molecular flexibility index (Phi) is 6.85. The molecule has 0 saturated carbocycles. The zero-order valence-corrected chi connectivity index (χ0v) is 16.0. The van der Waals surface area contributed by atoms with Crippen molar-refractivity contribution in [1.82, 2.24) is 3.71 Å². The van der Waals surface area contributed by atoms with Crippen molar-refractivity contribution in [2.75, 3.05) is 50.7 Å². The number of hydrogen-bond acceptors (Lipinski definition) is 2. The highest BCUT2D eigenvalue weighted by Crippen LogP contribution is 2.56. The second kappa shape index (κ2) is 7.73. The molecular formula is C17H31NOS2. The predicted molar refractivity (Wildman–Crippen MR) is 104 cm³/mol. The monoisotopic (exact) mass is 329 g/mol. The van der Waals surface area contributed by atoms with Crippen LogP contribution >= 0.6 is 20.4 Å². The summed E-state index contributed by atoms with van der Waals surface area (Å²) in [4.78, 5) is 0. The standard InChI is InChI=1S/C17H31NOS2/c1-8-16-9-11-17(12-10-16)15-19-14-13-18(20(2,3)4)21(5,6)7/h8-12H,1,13-15H2,2-7H3. The third-order valence-corrected chi connectivity index (χ3v) is 8.62. The first kappa shape index (κ1) is 18.6. The summed E-state index contributed by atoms with van der Waals surface area (Å²) >= 11 is 0.